The zero-order valence-electron chi connectivity index (χ0n) is 43.0. The molecule has 6 heteroatoms. The smallest absolute Gasteiger partial charge is 0.306 e. The minimum absolute atomic E-state index is 0.0620. The summed E-state index contributed by atoms with van der Waals surface area (Å²) in [4.78, 5) is 38.1. The molecule has 0 heterocycles. The van der Waals surface area contributed by atoms with E-state index in [1.54, 1.807) is 0 Å². The van der Waals surface area contributed by atoms with E-state index in [2.05, 4.69) is 27.7 Å². The van der Waals surface area contributed by atoms with E-state index >= 15 is 0 Å². The second kappa shape index (κ2) is 51.4. The van der Waals surface area contributed by atoms with Gasteiger partial charge in [0.2, 0.25) is 0 Å². The highest BCUT2D eigenvalue weighted by atomic mass is 16.6. The lowest BCUT2D eigenvalue weighted by molar-refractivity contribution is -0.167. The van der Waals surface area contributed by atoms with Crippen LogP contribution in [0.15, 0.2) is 0 Å². The van der Waals surface area contributed by atoms with Crippen molar-refractivity contribution in [2.24, 2.45) is 5.92 Å². The summed E-state index contributed by atoms with van der Waals surface area (Å²) in [5, 5.41) is 0. The van der Waals surface area contributed by atoms with Crippen molar-refractivity contribution in [1.29, 1.82) is 0 Å². The first-order chi connectivity index (χ1) is 30.9. The molecule has 0 N–H and O–H groups in total. The van der Waals surface area contributed by atoms with Crippen molar-refractivity contribution in [3.05, 3.63) is 0 Å². The maximum atomic E-state index is 12.8. The quantitative estimate of drug-likeness (QED) is 0.0344. The van der Waals surface area contributed by atoms with Crippen LogP contribution in [0.3, 0.4) is 0 Å². The summed E-state index contributed by atoms with van der Waals surface area (Å²) in [5.74, 6) is 0.000166. The topological polar surface area (TPSA) is 78.9 Å². The van der Waals surface area contributed by atoms with Crippen LogP contribution in [0.4, 0.5) is 0 Å². The Hall–Kier alpha value is -1.59. The van der Waals surface area contributed by atoms with E-state index in [4.69, 9.17) is 14.2 Å². The lowest BCUT2D eigenvalue weighted by Crippen LogP contribution is -2.30. The Morgan fingerprint density at radius 3 is 0.778 bits per heavy atom. The molecule has 0 bridgehead atoms. The van der Waals surface area contributed by atoms with E-state index in [-0.39, 0.29) is 31.1 Å². The Labute approximate surface area is 393 Å². The molecular formula is C57H110O6. The number of hydrogen-bond donors (Lipinski definition) is 0. The summed E-state index contributed by atoms with van der Waals surface area (Å²) in [6.45, 7) is 9.05. The average molecular weight is 892 g/mol. The second-order valence-electron chi connectivity index (χ2n) is 20.1. The van der Waals surface area contributed by atoms with Crippen molar-refractivity contribution in [1.82, 2.24) is 0 Å². The molecule has 0 saturated carbocycles. The molecule has 0 aliphatic heterocycles. The van der Waals surface area contributed by atoms with Crippen LogP contribution in [0.25, 0.3) is 0 Å². The van der Waals surface area contributed by atoms with Crippen LogP contribution in [0.1, 0.15) is 323 Å². The molecule has 374 valence electrons. The minimum Gasteiger partial charge on any atom is -0.462 e. The Balaban J connectivity index is 4.26. The third-order valence-corrected chi connectivity index (χ3v) is 13.0. The van der Waals surface area contributed by atoms with Crippen molar-refractivity contribution in [3.8, 4) is 0 Å². The van der Waals surface area contributed by atoms with Crippen LogP contribution in [-0.4, -0.2) is 37.2 Å². The van der Waals surface area contributed by atoms with E-state index in [1.807, 2.05) is 0 Å². The van der Waals surface area contributed by atoms with Gasteiger partial charge in [0.25, 0.3) is 0 Å². The Morgan fingerprint density at radius 1 is 0.302 bits per heavy atom. The number of esters is 3. The number of hydrogen-bond acceptors (Lipinski definition) is 6. The van der Waals surface area contributed by atoms with Crippen LogP contribution >= 0.6 is 0 Å². The Morgan fingerprint density at radius 2 is 0.524 bits per heavy atom. The van der Waals surface area contributed by atoms with Gasteiger partial charge in [0.15, 0.2) is 6.10 Å². The minimum atomic E-state index is -0.761. The van der Waals surface area contributed by atoms with Gasteiger partial charge in [0.05, 0.1) is 0 Å². The van der Waals surface area contributed by atoms with E-state index < -0.39 is 6.10 Å². The highest BCUT2D eigenvalue weighted by molar-refractivity contribution is 5.71. The number of carbonyl (C=O) groups is 3. The molecule has 0 spiro atoms. The van der Waals surface area contributed by atoms with Gasteiger partial charge in [-0.3, -0.25) is 14.4 Å². The van der Waals surface area contributed by atoms with Crippen molar-refractivity contribution in [2.75, 3.05) is 13.2 Å². The number of ether oxygens (including phenoxy) is 3. The predicted octanol–water partition coefficient (Wildman–Crippen LogP) is 18.6. The van der Waals surface area contributed by atoms with Crippen LogP contribution in [0.2, 0.25) is 0 Å². The zero-order valence-corrected chi connectivity index (χ0v) is 43.0. The largest absolute Gasteiger partial charge is 0.462 e. The summed E-state index contributed by atoms with van der Waals surface area (Å²) in [7, 11) is 0. The first-order valence-corrected chi connectivity index (χ1v) is 28.4. The molecule has 0 rings (SSSR count). The van der Waals surface area contributed by atoms with Gasteiger partial charge in [-0.25, -0.2) is 0 Å². The fourth-order valence-corrected chi connectivity index (χ4v) is 8.75. The average Bonchev–Trinajstić information content (AvgIpc) is 3.27. The molecule has 0 aromatic heterocycles. The van der Waals surface area contributed by atoms with Gasteiger partial charge in [0.1, 0.15) is 13.2 Å². The van der Waals surface area contributed by atoms with Crippen molar-refractivity contribution in [3.63, 3.8) is 0 Å². The molecule has 0 aliphatic carbocycles. The van der Waals surface area contributed by atoms with Gasteiger partial charge < -0.3 is 14.2 Å². The monoisotopic (exact) mass is 891 g/mol. The molecule has 6 nitrogen and oxygen atoms in total. The maximum Gasteiger partial charge on any atom is 0.306 e. The van der Waals surface area contributed by atoms with Gasteiger partial charge in [-0.1, -0.05) is 285 Å². The summed E-state index contributed by atoms with van der Waals surface area (Å²) in [5.41, 5.74) is 0. The first kappa shape index (κ1) is 61.4. The molecule has 0 saturated heterocycles. The Kier molecular flexibility index (Phi) is 50.1. The van der Waals surface area contributed by atoms with E-state index in [0.29, 0.717) is 19.3 Å². The summed E-state index contributed by atoms with van der Waals surface area (Å²) >= 11 is 0. The van der Waals surface area contributed by atoms with Crippen LogP contribution in [-0.2, 0) is 28.6 Å². The molecule has 0 unspecified atom stereocenters. The SMILES string of the molecule is CCCCCCCCCCCCCCCCCCCCC(=O)OC[C@@H](COC(=O)CCCCCCCCCCCCC)OC(=O)CCCCCCCCCCCCCCCC(C)C. The van der Waals surface area contributed by atoms with Gasteiger partial charge in [-0.15, -0.1) is 0 Å². The molecule has 63 heavy (non-hydrogen) atoms. The normalized spacial score (nSPS) is 12.0. The molecule has 1 atom stereocenters. The number of unbranched alkanes of at least 4 members (excludes halogenated alkanes) is 39. The fraction of sp³-hybridized carbons (Fsp3) is 0.947. The third-order valence-electron chi connectivity index (χ3n) is 13.0. The lowest BCUT2D eigenvalue weighted by Gasteiger charge is -2.18. The lowest BCUT2D eigenvalue weighted by atomic mass is 10.0. The van der Waals surface area contributed by atoms with Gasteiger partial charge in [-0.2, -0.15) is 0 Å². The molecule has 0 aliphatic rings. The van der Waals surface area contributed by atoms with Gasteiger partial charge in [-0.05, 0) is 25.2 Å². The van der Waals surface area contributed by atoms with Crippen LogP contribution in [0.5, 0.6) is 0 Å². The molecular weight excluding hydrogens is 781 g/mol. The summed E-state index contributed by atoms with van der Waals surface area (Å²) < 4.78 is 16.9. The Bertz CT molecular complexity index is 949. The summed E-state index contributed by atoms with van der Waals surface area (Å²) in [6.07, 6.45) is 55.2. The van der Waals surface area contributed by atoms with E-state index in [9.17, 15) is 14.4 Å². The third kappa shape index (κ3) is 51.3. The molecule has 0 aromatic rings. The fourth-order valence-electron chi connectivity index (χ4n) is 8.75. The second-order valence-corrected chi connectivity index (χ2v) is 20.1. The number of rotatable bonds is 52. The molecule has 0 amide bonds. The van der Waals surface area contributed by atoms with Crippen LogP contribution in [0, 0.1) is 5.92 Å². The zero-order chi connectivity index (χ0) is 45.9. The van der Waals surface area contributed by atoms with Gasteiger partial charge in [0, 0.05) is 19.3 Å². The van der Waals surface area contributed by atoms with Crippen molar-refractivity contribution < 1.29 is 28.6 Å². The standard InChI is InChI=1S/C57H110O6/c1-5-7-9-11-13-15-17-18-19-20-21-22-25-29-33-37-41-45-49-56(59)62-52-54(51-61-55(58)48-44-40-36-32-27-16-14-12-10-8-6-2)63-57(60)50-46-42-38-34-30-26-23-24-28-31-35-39-43-47-53(3)4/h53-54H,5-52H2,1-4H3/t54-/m1/s1. The van der Waals surface area contributed by atoms with E-state index in [1.165, 1.54) is 218 Å². The molecule has 0 radical (unpaired) electrons. The number of carbonyl (C=O) groups excluding carboxylic acids is 3. The predicted molar refractivity (Wildman–Crippen MR) is 270 cm³/mol. The maximum absolute atomic E-state index is 12.8. The van der Waals surface area contributed by atoms with E-state index in [0.717, 1.165) is 63.7 Å². The van der Waals surface area contributed by atoms with Crippen LogP contribution < -0.4 is 0 Å². The van der Waals surface area contributed by atoms with Crippen molar-refractivity contribution in [2.45, 2.75) is 329 Å². The first-order valence-electron chi connectivity index (χ1n) is 28.4. The summed E-state index contributed by atoms with van der Waals surface area (Å²) in [6, 6.07) is 0. The van der Waals surface area contributed by atoms with Gasteiger partial charge >= 0.3 is 17.9 Å². The highest BCUT2D eigenvalue weighted by Gasteiger charge is 2.19. The highest BCUT2D eigenvalue weighted by Crippen LogP contribution is 2.18. The molecule has 0 fully saturated rings. The van der Waals surface area contributed by atoms with Crippen molar-refractivity contribution >= 4 is 17.9 Å². The molecule has 0 aromatic carbocycles.